The Morgan fingerprint density at radius 3 is 2.20 bits per heavy atom. The highest BCUT2D eigenvalue weighted by atomic mass is 16.6. The minimum absolute atomic E-state index is 0.0101. The number of allylic oxidation sites excluding steroid dienone is 1. The van der Waals surface area contributed by atoms with E-state index < -0.39 is 18.1 Å². The summed E-state index contributed by atoms with van der Waals surface area (Å²) in [6, 6.07) is 18.0. The quantitative estimate of drug-likeness (QED) is 0.0863. The number of amides is 2. The van der Waals surface area contributed by atoms with Crippen LogP contribution in [-0.2, 0) is 41.8 Å². The molecule has 2 aromatic rings. The third-order valence-corrected chi connectivity index (χ3v) is 13.7. The van der Waals surface area contributed by atoms with Gasteiger partial charge in [0.05, 0.1) is 0 Å². The van der Waals surface area contributed by atoms with E-state index in [9.17, 15) is 19.2 Å². The first-order valence-electron chi connectivity index (χ1n) is 20.3. The van der Waals surface area contributed by atoms with Crippen molar-refractivity contribution < 1.29 is 33.4 Å². The Labute approximate surface area is 321 Å². The van der Waals surface area contributed by atoms with Gasteiger partial charge in [0.2, 0.25) is 5.91 Å². The second-order valence-electron chi connectivity index (χ2n) is 16.9. The van der Waals surface area contributed by atoms with E-state index in [1.807, 2.05) is 60.7 Å². The smallest absolute Gasteiger partial charge is 0.408 e. The van der Waals surface area contributed by atoms with Crippen LogP contribution < -0.4 is 10.6 Å². The summed E-state index contributed by atoms with van der Waals surface area (Å²) < 4.78 is 16.6. The maximum Gasteiger partial charge on any atom is 0.408 e. The molecule has 0 aromatic heterocycles. The number of carbonyl (C=O) groups excluding carboxylic acids is 4. The molecule has 2 N–H and O–H groups in total. The fourth-order valence-corrected chi connectivity index (χ4v) is 10.8. The number of unbranched alkanes of at least 4 members (excludes halogenated alkanes) is 1. The molecule has 9 heteroatoms. The number of benzene rings is 2. The van der Waals surface area contributed by atoms with Crippen LogP contribution in [0, 0.1) is 40.4 Å². The molecule has 54 heavy (non-hydrogen) atoms. The molecule has 4 aliphatic carbocycles. The van der Waals surface area contributed by atoms with Crippen LogP contribution in [0.25, 0.3) is 0 Å². The number of hydrogen-bond donors (Lipinski definition) is 2. The lowest BCUT2D eigenvalue weighted by molar-refractivity contribution is -0.149. The fraction of sp³-hybridized carbons (Fsp3) is 0.600. The third-order valence-electron chi connectivity index (χ3n) is 13.7. The minimum Gasteiger partial charge on any atom is -0.462 e. The van der Waals surface area contributed by atoms with Gasteiger partial charge in [0, 0.05) is 25.8 Å². The zero-order chi connectivity index (χ0) is 38.3. The highest BCUT2D eigenvalue weighted by Gasteiger charge is 2.59. The lowest BCUT2D eigenvalue weighted by Crippen LogP contribution is -2.51. The molecule has 292 valence electrons. The molecule has 0 aliphatic heterocycles. The topological polar surface area (TPSA) is 120 Å². The first-order chi connectivity index (χ1) is 26.0. The van der Waals surface area contributed by atoms with Gasteiger partial charge in [-0.1, -0.05) is 93.1 Å². The Bertz CT molecular complexity index is 1650. The zero-order valence-corrected chi connectivity index (χ0v) is 32.6. The van der Waals surface area contributed by atoms with E-state index in [1.54, 1.807) is 0 Å². The molecule has 4 aliphatic rings. The minimum atomic E-state index is -0.867. The van der Waals surface area contributed by atoms with Crippen LogP contribution in [0.4, 0.5) is 4.79 Å². The van der Waals surface area contributed by atoms with Gasteiger partial charge in [-0.2, -0.15) is 0 Å². The van der Waals surface area contributed by atoms with Gasteiger partial charge >= 0.3 is 18.0 Å². The average Bonchev–Trinajstić information content (AvgIpc) is 3.53. The third kappa shape index (κ3) is 9.03. The van der Waals surface area contributed by atoms with Gasteiger partial charge in [-0.15, -0.1) is 0 Å². The fourth-order valence-electron chi connectivity index (χ4n) is 10.8. The molecule has 6 rings (SSSR count). The number of ether oxygens (including phenoxy) is 3. The summed E-state index contributed by atoms with van der Waals surface area (Å²) in [4.78, 5) is 51.1. The second kappa shape index (κ2) is 17.5. The first kappa shape index (κ1) is 39.6. The molecule has 0 heterocycles. The van der Waals surface area contributed by atoms with Gasteiger partial charge in [-0.05, 0) is 110 Å². The molecule has 3 saturated carbocycles. The Morgan fingerprint density at radius 2 is 1.52 bits per heavy atom. The van der Waals surface area contributed by atoms with Crippen molar-refractivity contribution in [3.05, 3.63) is 83.4 Å². The standard InChI is InChI=1S/C45H60N2O7/c1-30(37-20-21-38-36-19-18-34-27-35(54-31(2)48)22-24-44(34,3)39(36)23-25-45(37,38)4)41(49)46-26-12-11-17-40(42(50)52-28-32-13-7-5-8-14-32)47-43(51)53-29-33-15-9-6-10-16-33/h5-10,13-16,18,30,35-40H,11-12,17,19-29H2,1-4H3,(H,46,49)(H,47,51)/t30-,35-,36-,37+,38-,39-,40-,44-,45+/m0/s1. The van der Waals surface area contributed by atoms with E-state index in [2.05, 4.69) is 37.5 Å². The molecule has 3 fully saturated rings. The van der Waals surface area contributed by atoms with E-state index in [4.69, 9.17) is 14.2 Å². The average molecular weight is 741 g/mol. The molecule has 0 bridgehead atoms. The van der Waals surface area contributed by atoms with Crippen LogP contribution in [0.5, 0.6) is 0 Å². The maximum absolute atomic E-state index is 13.6. The van der Waals surface area contributed by atoms with Crippen molar-refractivity contribution in [3.8, 4) is 0 Å². The lowest BCUT2D eigenvalue weighted by atomic mass is 9.47. The Hall–Kier alpha value is -4.14. The Kier molecular flexibility index (Phi) is 12.9. The highest BCUT2D eigenvalue weighted by molar-refractivity contribution is 5.81. The predicted molar refractivity (Wildman–Crippen MR) is 207 cm³/mol. The van der Waals surface area contributed by atoms with Gasteiger partial charge in [0.25, 0.3) is 0 Å². The summed E-state index contributed by atoms with van der Waals surface area (Å²) >= 11 is 0. The van der Waals surface area contributed by atoms with E-state index in [-0.39, 0.29) is 47.9 Å². The second-order valence-corrected chi connectivity index (χ2v) is 16.9. The van der Waals surface area contributed by atoms with Crippen molar-refractivity contribution in [2.24, 2.45) is 40.4 Å². The van der Waals surface area contributed by atoms with Crippen molar-refractivity contribution in [1.29, 1.82) is 0 Å². The van der Waals surface area contributed by atoms with E-state index in [0.29, 0.717) is 49.5 Å². The van der Waals surface area contributed by atoms with Gasteiger partial charge in [-0.3, -0.25) is 9.59 Å². The van der Waals surface area contributed by atoms with Crippen LogP contribution in [0.2, 0.25) is 0 Å². The molecule has 2 amide bonds. The Morgan fingerprint density at radius 1 is 0.833 bits per heavy atom. The zero-order valence-electron chi connectivity index (χ0n) is 32.6. The summed E-state index contributed by atoms with van der Waals surface area (Å²) in [5, 5.41) is 5.92. The predicted octanol–water partition coefficient (Wildman–Crippen LogP) is 8.46. The lowest BCUT2D eigenvalue weighted by Gasteiger charge is -2.58. The highest BCUT2D eigenvalue weighted by Crippen LogP contribution is 2.67. The molecule has 2 aromatic carbocycles. The number of rotatable bonds is 14. The monoisotopic (exact) mass is 740 g/mol. The number of fused-ring (bicyclic) bond motifs is 5. The van der Waals surface area contributed by atoms with Gasteiger partial charge in [0.1, 0.15) is 25.4 Å². The number of carbonyl (C=O) groups is 4. The van der Waals surface area contributed by atoms with Crippen LogP contribution in [-0.4, -0.2) is 42.6 Å². The summed E-state index contributed by atoms with van der Waals surface area (Å²) in [5.74, 6) is 1.57. The van der Waals surface area contributed by atoms with Crippen molar-refractivity contribution >= 4 is 23.9 Å². The van der Waals surface area contributed by atoms with E-state index in [1.165, 1.54) is 25.3 Å². The van der Waals surface area contributed by atoms with E-state index >= 15 is 0 Å². The van der Waals surface area contributed by atoms with Crippen molar-refractivity contribution in [1.82, 2.24) is 10.6 Å². The molecule has 0 radical (unpaired) electrons. The van der Waals surface area contributed by atoms with Crippen LogP contribution in [0.3, 0.4) is 0 Å². The SMILES string of the molecule is CC(=O)O[C@H]1CC[C@@]2(C)C(=CC[C@H]3[C@@H]4CC[C@H]([C@H](C)C(=O)NCCCC[C@H](NC(=O)OCc5ccccc5)C(=O)OCc5ccccc5)[C@@]4(C)CC[C@@H]32)C1. The number of hydrogen-bond acceptors (Lipinski definition) is 7. The molecule has 9 nitrogen and oxygen atoms in total. The van der Waals surface area contributed by atoms with Gasteiger partial charge in [-0.25, -0.2) is 9.59 Å². The summed E-state index contributed by atoms with van der Waals surface area (Å²) in [7, 11) is 0. The molecule has 9 atom stereocenters. The van der Waals surface area contributed by atoms with Gasteiger partial charge in [0.15, 0.2) is 0 Å². The number of esters is 2. The molecule has 0 saturated heterocycles. The number of alkyl carbamates (subject to hydrolysis) is 1. The summed E-state index contributed by atoms with van der Waals surface area (Å²) in [5.41, 5.74) is 3.54. The molecular weight excluding hydrogens is 681 g/mol. The normalized spacial score (nSPS) is 29.6. The van der Waals surface area contributed by atoms with Crippen LogP contribution in [0.15, 0.2) is 72.3 Å². The first-order valence-corrected chi connectivity index (χ1v) is 20.3. The largest absolute Gasteiger partial charge is 0.462 e. The van der Waals surface area contributed by atoms with Crippen LogP contribution >= 0.6 is 0 Å². The number of nitrogens with one attached hydrogen (secondary N) is 2. The molecular formula is C45H60N2O7. The van der Waals surface area contributed by atoms with Crippen LogP contribution in [0.1, 0.15) is 109 Å². The van der Waals surface area contributed by atoms with Gasteiger partial charge < -0.3 is 24.8 Å². The van der Waals surface area contributed by atoms with E-state index in [0.717, 1.165) is 49.7 Å². The Balaban J connectivity index is 0.983. The summed E-state index contributed by atoms with van der Waals surface area (Å²) in [6.07, 6.45) is 12.1. The maximum atomic E-state index is 13.6. The molecule has 0 unspecified atom stereocenters. The van der Waals surface area contributed by atoms with Crippen molar-refractivity contribution in [2.75, 3.05) is 6.54 Å². The van der Waals surface area contributed by atoms with Crippen molar-refractivity contribution in [2.45, 2.75) is 124 Å². The van der Waals surface area contributed by atoms with Crippen molar-refractivity contribution in [3.63, 3.8) is 0 Å². The summed E-state index contributed by atoms with van der Waals surface area (Å²) in [6.45, 7) is 9.27. The molecule has 0 spiro atoms.